The van der Waals surface area contributed by atoms with Crippen molar-refractivity contribution in [3.63, 3.8) is 0 Å². The van der Waals surface area contributed by atoms with E-state index >= 15 is 0 Å². The summed E-state index contributed by atoms with van der Waals surface area (Å²) in [7, 11) is 0. The van der Waals surface area contributed by atoms with Crippen LogP contribution < -0.4 is 5.32 Å². The molecule has 5 heteroatoms. The van der Waals surface area contributed by atoms with E-state index in [9.17, 15) is 14.7 Å². The van der Waals surface area contributed by atoms with Crippen LogP contribution in [0, 0.1) is 17.8 Å². The van der Waals surface area contributed by atoms with Gasteiger partial charge in [0.05, 0.1) is 11.8 Å². The number of amides is 1. The van der Waals surface area contributed by atoms with Crippen molar-refractivity contribution in [1.29, 1.82) is 0 Å². The molecule has 1 heterocycles. The number of carboxylic acids is 1. The van der Waals surface area contributed by atoms with Crippen LogP contribution in [-0.4, -0.2) is 34.5 Å². The number of hydrogen-bond donors (Lipinski definition) is 2. The first-order valence-electron chi connectivity index (χ1n) is 7.24. The van der Waals surface area contributed by atoms with E-state index in [1.807, 2.05) is 11.8 Å². The van der Waals surface area contributed by atoms with Gasteiger partial charge < -0.3 is 10.4 Å². The van der Waals surface area contributed by atoms with E-state index in [2.05, 4.69) is 12.2 Å². The summed E-state index contributed by atoms with van der Waals surface area (Å²) < 4.78 is 0. The van der Waals surface area contributed by atoms with Crippen molar-refractivity contribution >= 4 is 23.6 Å². The van der Waals surface area contributed by atoms with Crippen LogP contribution in [0.5, 0.6) is 0 Å². The Bertz CT molecular complexity index is 342. The van der Waals surface area contributed by atoms with Gasteiger partial charge >= 0.3 is 5.97 Å². The Morgan fingerprint density at radius 2 is 2.05 bits per heavy atom. The Morgan fingerprint density at radius 3 is 2.63 bits per heavy atom. The molecular formula is C14H23NO3S. The minimum Gasteiger partial charge on any atom is -0.481 e. The number of carboxylic acid groups (broad SMARTS) is 1. The van der Waals surface area contributed by atoms with Gasteiger partial charge in [0.1, 0.15) is 0 Å². The van der Waals surface area contributed by atoms with Gasteiger partial charge in [-0.2, -0.15) is 11.8 Å². The molecule has 0 aromatic carbocycles. The third-order valence-corrected chi connectivity index (χ3v) is 5.82. The number of rotatable bonds is 5. The normalized spacial score (nSPS) is 34.4. The van der Waals surface area contributed by atoms with E-state index in [4.69, 9.17) is 0 Å². The monoisotopic (exact) mass is 285 g/mol. The van der Waals surface area contributed by atoms with Crippen molar-refractivity contribution in [3.8, 4) is 0 Å². The smallest absolute Gasteiger partial charge is 0.307 e. The van der Waals surface area contributed by atoms with Gasteiger partial charge in [0, 0.05) is 11.8 Å². The lowest BCUT2D eigenvalue weighted by atomic mass is 9.95. The first kappa shape index (κ1) is 14.7. The summed E-state index contributed by atoms with van der Waals surface area (Å²) in [6.45, 7) is 2.77. The summed E-state index contributed by atoms with van der Waals surface area (Å²) in [6.07, 6.45) is 4.74. The van der Waals surface area contributed by atoms with E-state index in [1.165, 1.54) is 12.2 Å². The van der Waals surface area contributed by atoms with Crippen LogP contribution in [0.3, 0.4) is 0 Å². The van der Waals surface area contributed by atoms with Gasteiger partial charge in [-0.05, 0) is 37.4 Å². The lowest BCUT2D eigenvalue weighted by Gasteiger charge is -2.17. The van der Waals surface area contributed by atoms with Crippen molar-refractivity contribution in [1.82, 2.24) is 5.32 Å². The second-order valence-corrected chi connectivity index (χ2v) is 7.09. The molecule has 4 atom stereocenters. The molecule has 1 aliphatic carbocycles. The number of carbonyl (C=O) groups is 2. The molecule has 1 saturated heterocycles. The van der Waals surface area contributed by atoms with Crippen molar-refractivity contribution in [2.24, 2.45) is 17.8 Å². The highest BCUT2D eigenvalue weighted by Crippen LogP contribution is 2.38. The second-order valence-electron chi connectivity index (χ2n) is 5.68. The van der Waals surface area contributed by atoms with Crippen LogP contribution in [0.1, 0.15) is 39.0 Å². The van der Waals surface area contributed by atoms with E-state index in [0.29, 0.717) is 24.1 Å². The van der Waals surface area contributed by atoms with Crippen LogP contribution in [0.2, 0.25) is 0 Å². The molecule has 1 amide bonds. The Hall–Kier alpha value is -0.710. The van der Waals surface area contributed by atoms with Crippen LogP contribution in [0.15, 0.2) is 0 Å². The van der Waals surface area contributed by atoms with Gasteiger partial charge in [-0.15, -0.1) is 0 Å². The van der Waals surface area contributed by atoms with Crippen molar-refractivity contribution in [2.75, 3.05) is 12.3 Å². The predicted octanol–water partition coefficient (Wildman–Crippen LogP) is 2.14. The number of thioether (sulfide) groups is 1. The van der Waals surface area contributed by atoms with Gasteiger partial charge in [0.2, 0.25) is 5.91 Å². The van der Waals surface area contributed by atoms with Gasteiger partial charge in [0.15, 0.2) is 0 Å². The molecular weight excluding hydrogens is 262 g/mol. The fourth-order valence-electron chi connectivity index (χ4n) is 3.19. The number of nitrogens with one attached hydrogen (secondary N) is 1. The fraction of sp³-hybridized carbons (Fsp3) is 0.857. The molecule has 108 valence electrons. The lowest BCUT2D eigenvalue weighted by molar-refractivity contribution is -0.146. The summed E-state index contributed by atoms with van der Waals surface area (Å²) >= 11 is 1.91. The zero-order valence-electron chi connectivity index (χ0n) is 11.4. The van der Waals surface area contributed by atoms with Gasteiger partial charge in [-0.25, -0.2) is 0 Å². The second kappa shape index (κ2) is 6.64. The maximum atomic E-state index is 12.2. The lowest BCUT2D eigenvalue weighted by Crippen LogP contribution is -2.38. The average Bonchev–Trinajstić information content (AvgIpc) is 3.04. The molecule has 1 aliphatic heterocycles. The summed E-state index contributed by atoms with van der Waals surface area (Å²) in [5.41, 5.74) is 0. The van der Waals surface area contributed by atoms with Gasteiger partial charge in [-0.1, -0.05) is 13.3 Å². The largest absolute Gasteiger partial charge is 0.481 e. The predicted molar refractivity (Wildman–Crippen MR) is 76.1 cm³/mol. The van der Waals surface area contributed by atoms with Crippen LogP contribution >= 0.6 is 11.8 Å². The minimum absolute atomic E-state index is 0.0455. The van der Waals surface area contributed by atoms with Crippen LogP contribution in [0.4, 0.5) is 0 Å². The number of hydrogen-bond acceptors (Lipinski definition) is 3. The summed E-state index contributed by atoms with van der Waals surface area (Å²) in [5, 5.41) is 12.7. The quantitative estimate of drug-likeness (QED) is 0.812. The van der Waals surface area contributed by atoms with Gasteiger partial charge in [0.25, 0.3) is 0 Å². The van der Waals surface area contributed by atoms with E-state index in [-0.39, 0.29) is 11.8 Å². The Balaban J connectivity index is 1.87. The Morgan fingerprint density at radius 1 is 1.32 bits per heavy atom. The van der Waals surface area contributed by atoms with Crippen LogP contribution in [-0.2, 0) is 9.59 Å². The third-order valence-electron chi connectivity index (χ3n) is 4.42. The first-order valence-corrected chi connectivity index (χ1v) is 8.28. The summed E-state index contributed by atoms with van der Waals surface area (Å²) in [6, 6.07) is 0. The molecule has 4 unspecified atom stereocenters. The SMILES string of the molecule is CCC1CC(C(=O)O)C(C(=O)NCC2CCCS2)C1. The Kier molecular flexibility index (Phi) is 5.13. The zero-order chi connectivity index (χ0) is 13.8. The van der Waals surface area contributed by atoms with Crippen molar-refractivity contribution in [2.45, 2.75) is 44.3 Å². The highest BCUT2D eigenvalue weighted by atomic mass is 32.2. The minimum atomic E-state index is -0.814. The molecule has 2 rings (SSSR count). The molecule has 4 nitrogen and oxygen atoms in total. The average molecular weight is 285 g/mol. The van der Waals surface area contributed by atoms with Crippen molar-refractivity contribution in [3.05, 3.63) is 0 Å². The highest BCUT2D eigenvalue weighted by molar-refractivity contribution is 8.00. The number of carbonyl (C=O) groups excluding carboxylic acids is 1. The molecule has 2 N–H and O–H groups in total. The first-order chi connectivity index (χ1) is 9.11. The van der Waals surface area contributed by atoms with E-state index in [1.54, 1.807) is 0 Å². The van der Waals surface area contributed by atoms with E-state index in [0.717, 1.165) is 19.3 Å². The molecule has 0 spiro atoms. The molecule has 0 aromatic rings. The number of aliphatic carboxylic acids is 1. The Labute approximate surface area is 118 Å². The topological polar surface area (TPSA) is 66.4 Å². The zero-order valence-corrected chi connectivity index (χ0v) is 12.2. The molecule has 2 aliphatic rings. The molecule has 0 aromatic heterocycles. The standard InChI is InChI=1S/C14H23NO3S/c1-2-9-6-11(12(7-9)14(17)18)13(16)15-8-10-4-3-5-19-10/h9-12H,2-8H2,1H3,(H,15,16)(H,17,18). The molecule has 2 fully saturated rings. The summed E-state index contributed by atoms with van der Waals surface area (Å²) in [4.78, 5) is 23.4. The molecule has 0 radical (unpaired) electrons. The van der Waals surface area contributed by atoms with E-state index < -0.39 is 11.9 Å². The highest BCUT2D eigenvalue weighted by Gasteiger charge is 2.42. The molecule has 1 saturated carbocycles. The fourth-order valence-corrected chi connectivity index (χ4v) is 4.39. The van der Waals surface area contributed by atoms with Crippen molar-refractivity contribution < 1.29 is 14.7 Å². The maximum absolute atomic E-state index is 12.2. The van der Waals surface area contributed by atoms with Gasteiger partial charge in [-0.3, -0.25) is 9.59 Å². The maximum Gasteiger partial charge on any atom is 0.307 e. The molecule has 0 bridgehead atoms. The third kappa shape index (κ3) is 3.65. The van der Waals surface area contributed by atoms with Crippen LogP contribution in [0.25, 0.3) is 0 Å². The molecule has 19 heavy (non-hydrogen) atoms. The summed E-state index contributed by atoms with van der Waals surface area (Å²) in [5.74, 6) is -0.102.